The van der Waals surface area contributed by atoms with Gasteiger partial charge in [0.2, 0.25) is 5.91 Å². The van der Waals surface area contributed by atoms with Crippen LogP contribution in [0.5, 0.6) is 0 Å². The fourth-order valence-electron chi connectivity index (χ4n) is 4.60. The molecule has 0 atom stereocenters. The van der Waals surface area contributed by atoms with Crippen molar-refractivity contribution in [3.8, 4) is 0 Å². The number of piperidine rings is 1. The van der Waals surface area contributed by atoms with Crippen LogP contribution in [0.1, 0.15) is 36.5 Å². The Morgan fingerprint density at radius 3 is 2.69 bits per heavy atom. The molecule has 2 aromatic rings. The van der Waals surface area contributed by atoms with Gasteiger partial charge in [0.1, 0.15) is 5.82 Å². The Morgan fingerprint density at radius 1 is 1.14 bits per heavy atom. The third-order valence-corrected chi connectivity index (χ3v) is 6.28. The van der Waals surface area contributed by atoms with Gasteiger partial charge in [0.25, 0.3) is 0 Å². The molecule has 1 amide bonds. The van der Waals surface area contributed by atoms with E-state index in [1.807, 2.05) is 12.1 Å². The number of hydrogen-bond donors (Lipinski definition) is 1. The number of carbonyl (C=O) groups is 1. The second kappa shape index (κ2) is 8.95. The molecule has 4 nitrogen and oxygen atoms in total. The molecule has 1 N–H and O–H groups in total. The number of nitrogens with one attached hydrogen (secondary N) is 1. The van der Waals surface area contributed by atoms with Crippen LogP contribution in [0.15, 0.2) is 42.5 Å². The maximum atomic E-state index is 13.8. The van der Waals surface area contributed by atoms with Crippen molar-refractivity contribution in [1.82, 2.24) is 10.2 Å². The first kappa shape index (κ1) is 19.9. The predicted octanol–water partition coefficient (Wildman–Crippen LogP) is 3.53. The van der Waals surface area contributed by atoms with Crippen molar-refractivity contribution in [2.24, 2.45) is 0 Å². The highest BCUT2D eigenvalue weighted by molar-refractivity contribution is 5.73. The number of amides is 1. The fraction of sp³-hybridized carbons (Fsp3) is 0.458. The van der Waals surface area contributed by atoms with Crippen LogP contribution in [0.3, 0.4) is 0 Å². The highest BCUT2D eigenvalue weighted by Crippen LogP contribution is 2.33. The van der Waals surface area contributed by atoms with E-state index < -0.39 is 0 Å². The van der Waals surface area contributed by atoms with E-state index in [2.05, 4.69) is 33.3 Å². The average molecular weight is 396 g/mol. The summed E-state index contributed by atoms with van der Waals surface area (Å²) in [6.07, 6.45) is 4.17. The van der Waals surface area contributed by atoms with Crippen molar-refractivity contribution in [2.75, 3.05) is 31.1 Å². The Balaban J connectivity index is 1.32. The second-order valence-electron chi connectivity index (χ2n) is 8.23. The molecule has 0 unspecified atom stereocenters. The van der Waals surface area contributed by atoms with Crippen LogP contribution in [0.25, 0.3) is 0 Å². The van der Waals surface area contributed by atoms with Crippen LogP contribution in [-0.2, 0) is 24.2 Å². The van der Waals surface area contributed by atoms with E-state index in [0.29, 0.717) is 12.6 Å². The lowest BCUT2D eigenvalue weighted by Crippen LogP contribution is -2.45. The zero-order valence-electron chi connectivity index (χ0n) is 17.2. The number of anilines is 1. The summed E-state index contributed by atoms with van der Waals surface area (Å²) in [5, 5.41) is 2.89. The Bertz CT molecular complexity index is 861. The molecule has 2 aliphatic heterocycles. The summed E-state index contributed by atoms with van der Waals surface area (Å²) < 4.78 is 13.8. The molecular formula is C24H30FN3O. The Kier molecular flexibility index (Phi) is 6.14. The third kappa shape index (κ3) is 4.78. The van der Waals surface area contributed by atoms with Crippen molar-refractivity contribution in [3.05, 3.63) is 65.0 Å². The highest BCUT2D eigenvalue weighted by atomic mass is 19.1. The normalized spacial score (nSPS) is 17.4. The highest BCUT2D eigenvalue weighted by Gasteiger charge is 2.29. The molecule has 0 spiro atoms. The molecule has 2 aliphatic rings. The summed E-state index contributed by atoms with van der Waals surface area (Å²) in [5.41, 5.74) is 4.74. The number of rotatable bonds is 6. The van der Waals surface area contributed by atoms with Gasteiger partial charge >= 0.3 is 0 Å². The molecule has 0 aliphatic carbocycles. The van der Waals surface area contributed by atoms with Crippen LogP contribution in [0.2, 0.25) is 0 Å². The van der Waals surface area contributed by atoms with Gasteiger partial charge in [-0.15, -0.1) is 0 Å². The summed E-state index contributed by atoms with van der Waals surface area (Å²) in [7, 11) is 0. The van der Waals surface area contributed by atoms with E-state index >= 15 is 0 Å². The van der Waals surface area contributed by atoms with Gasteiger partial charge in [0.05, 0.1) is 0 Å². The molecule has 29 heavy (non-hydrogen) atoms. The maximum absolute atomic E-state index is 13.8. The monoisotopic (exact) mass is 395 g/mol. The van der Waals surface area contributed by atoms with Gasteiger partial charge in [-0.2, -0.15) is 0 Å². The minimum atomic E-state index is -0.0915. The molecule has 0 radical (unpaired) electrons. The lowest BCUT2D eigenvalue weighted by atomic mass is 10.0. The number of carbonyl (C=O) groups excluding carboxylic acids is 1. The molecule has 2 aromatic carbocycles. The van der Waals surface area contributed by atoms with E-state index in [9.17, 15) is 9.18 Å². The number of halogens is 1. The van der Waals surface area contributed by atoms with E-state index in [4.69, 9.17) is 0 Å². The smallest absolute Gasteiger partial charge is 0.217 e. The summed E-state index contributed by atoms with van der Waals surface area (Å²) in [6, 6.07) is 14.3. The van der Waals surface area contributed by atoms with Crippen molar-refractivity contribution < 1.29 is 9.18 Å². The summed E-state index contributed by atoms with van der Waals surface area (Å²) >= 11 is 0. The molecule has 4 rings (SSSR count). The standard InChI is InChI=1S/C24H30FN3O/c1-18(29)26-17-19-6-7-21-9-15-28(24(21)16-19)22-10-13-27(14-11-22)12-8-20-4-2-3-5-23(20)25/h2-7,16,22H,8-15,17H2,1H3,(H,26,29). The lowest BCUT2D eigenvalue weighted by Gasteiger charge is -2.38. The molecule has 0 aromatic heterocycles. The molecule has 1 fully saturated rings. The van der Waals surface area contributed by atoms with Gasteiger partial charge in [0, 0.05) is 51.4 Å². The van der Waals surface area contributed by atoms with E-state index in [0.717, 1.165) is 63.0 Å². The van der Waals surface area contributed by atoms with Crippen LogP contribution in [0, 0.1) is 5.82 Å². The lowest BCUT2D eigenvalue weighted by molar-refractivity contribution is -0.119. The third-order valence-electron chi connectivity index (χ3n) is 6.28. The van der Waals surface area contributed by atoms with Crippen LogP contribution in [0.4, 0.5) is 10.1 Å². The Hall–Kier alpha value is -2.40. The number of hydrogen-bond acceptors (Lipinski definition) is 3. The molecule has 0 bridgehead atoms. The Labute approximate surface area is 172 Å². The Morgan fingerprint density at radius 2 is 1.93 bits per heavy atom. The first-order valence-electron chi connectivity index (χ1n) is 10.7. The first-order valence-corrected chi connectivity index (χ1v) is 10.7. The molecule has 2 heterocycles. The van der Waals surface area contributed by atoms with Gasteiger partial charge in [-0.3, -0.25) is 4.79 Å². The minimum Gasteiger partial charge on any atom is -0.368 e. The zero-order valence-corrected chi connectivity index (χ0v) is 17.2. The van der Waals surface area contributed by atoms with E-state index in [1.54, 1.807) is 19.1 Å². The van der Waals surface area contributed by atoms with Gasteiger partial charge in [0.15, 0.2) is 0 Å². The molecule has 1 saturated heterocycles. The van der Waals surface area contributed by atoms with Crippen LogP contribution in [-0.4, -0.2) is 43.0 Å². The molecule has 0 saturated carbocycles. The SMILES string of the molecule is CC(=O)NCc1ccc2c(c1)N(C1CCN(CCc3ccccc3F)CC1)CC2. The van der Waals surface area contributed by atoms with Gasteiger partial charge in [-0.1, -0.05) is 30.3 Å². The van der Waals surface area contributed by atoms with Gasteiger partial charge < -0.3 is 15.1 Å². The molecular weight excluding hydrogens is 365 g/mol. The van der Waals surface area contributed by atoms with Gasteiger partial charge in [-0.05, 0) is 54.5 Å². The minimum absolute atomic E-state index is 0.00473. The topological polar surface area (TPSA) is 35.6 Å². The fourth-order valence-corrected chi connectivity index (χ4v) is 4.60. The maximum Gasteiger partial charge on any atom is 0.217 e. The largest absolute Gasteiger partial charge is 0.368 e. The number of nitrogens with zero attached hydrogens (tertiary/aromatic N) is 2. The van der Waals surface area contributed by atoms with Gasteiger partial charge in [-0.25, -0.2) is 4.39 Å². The quantitative estimate of drug-likeness (QED) is 0.813. The van der Waals surface area contributed by atoms with Crippen molar-refractivity contribution in [1.29, 1.82) is 0 Å². The van der Waals surface area contributed by atoms with Crippen molar-refractivity contribution in [2.45, 2.75) is 45.2 Å². The second-order valence-corrected chi connectivity index (χ2v) is 8.23. The summed E-state index contributed by atoms with van der Waals surface area (Å²) in [4.78, 5) is 16.2. The van der Waals surface area contributed by atoms with Crippen LogP contribution < -0.4 is 10.2 Å². The van der Waals surface area contributed by atoms with Crippen molar-refractivity contribution >= 4 is 11.6 Å². The van der Waals surface area contributed by atoms with E-state index in [1.165, 1.54) is 11.3 Å². The number of likely N-dealkylation sites (tertiary alicyclic amines) is 1. The van der Waals surface area contributed by atoms with Crippen LogP contribution >= 0.6 is 0 Å². The van der Waals surface area contributed by atoms with E-state index in [-0.39, 0.29) is 11.7 Å². The summed E-state index contributed by atoms with van der Waals surface area (Å²) in [6.45, 7) is 6.28. The predicted molar refractivity (Wildman–Crippen MR) is 115 cm³/mol. The molecule has 5 heteroatoms. The number of fused-ring (bicyclic) bond motifs is 1. The van der Waals surface area contributed by atoms with Crippen molar-refractivity contribution in [3.63, 3.8) is 0 Å². The number of benzene rings is 2. The zero-order chi connectivity index (χ0) is 20.2. The average Bonchev–Trinajstić information content (AvgIpc) is 3.15. The molecule has 154 valence electrons. The summed E-state index contributed by atoms with van der Waals surface area (Å²) in [5.74, 6) is -0.0868. The first-order chi connectivity index (χ1) is 14.1.